The molecule has 6 heteroatoms. The minimum absolute atomic E-state index is 0.0371. The molecule has 1 saturated carbocycles. The maximum absolute atomic E-state index is 12.8. The van der Waals surface area contributed by atoms with E-state index in [0.717, 1.165) is 60.2 Å². The monoisotopic (exact) mass is 518 g/mol. The van der Waals surface area contributed by atoms with Crippen molar-refractivity contribution in [3.8, 4) is 0 Å². The van der Waals surface area contributed by atoms with E-state index in [0.29, 0.717) is 12.1 Å². The summed E-state index contributed by atoms with van der Waals surface area (Å²) in [6, 6.07) is 30.3. The number of hydrogen-bond acceptors (Lipinski definition) is 4. The van der Waals surface area contributed by atoms with Crippen molar-refractivity contribution in [3.05, 3.63) is 108 Å². The quantitative estimate of drug-likeness (QED) is 0.350. The molecule has 6 rings (SSSR count). The Bertz CT molecular complexity index is 1470. The first-order chi connectivity index (χ1) is 19.0. The predicted octanol–water partition coefficient (Wildman–Crippen LogP) is 5.26. The van der Waals surface area contributed by atoms with Gasteiger partial charge in [0.2, 0.25) is 5.91 Å². The molecule has 0 spiro atoms. The summed E-state index contributed by atoms with van der Waals surface area (Å²) in [5, 5.41) is 8.37. The average molecular weight is 519 g/mol. The molecular formula is C33H34N4O2. The summed E-state index contributed by atoms with van der Waals surface area (Å²) in [4.78, 5) is 30.3. The molecule has 1 aliphatic heterocycles. The Balaban J connectivity index is 0.992. The third kappa shape index (κ3) is 5.81. The van der Waals surface area contributed by atoms with Crippen LogP contribution in [0.5, 0.6) is 0 Å². The Morgan fingerprint density at radius 3 is 2.28 bits per heavy atom. The molecule has 39 heavy (non-hydrogen) atoms. The molecule has 2 atom stereocenters. The number of carbonyl (C=O) groups excluding carboxylic acids is 2. The van der Waals surface area contributed by atoms with E-state index in [1.807, 2.05) is 60.7 Å². The van der Waals surface area contributed by atoms with Crippen molar-refractivity contribution in [1.29, 1.82) is 0 Å². The predicted molar refractivity (Wildman–Crippen MR) is 157 cm³/mol. The van der Waals surface area contributed by atoms with E-state index in [4.69, 9.17) is 0 Å². The zero-order valence-electron chi connectivity index (χ0n) is 22.3. The molecule has 0 unspecified atom stereocenters. The molecular weight excluding hydrogens is 484 g/mol. The molecule has 1 aliphatic carbocycles. The summed E-state index contributed by atoms with van der Waals surface area (Å²) in [7, 11) is 2.16. The van der Waals surface area contributed by atoms with Crippen molar-refractivity contribution >= 4 is 34.0 Å². The smallest absolute Gasteiger partial charge is 0.251 e. The highest BCUT2D eigenvalue weighted by atomic mass is 16.2. The zero-order chi connectivity index (χ0) is 26.8. The van der Waals surface area contributed by atoms with Gasteiger partial charge in [-0.15, -0.1) is 0 Å². The highest BCUT2D eigenvalue weighted by molar-refractivity contribution is 5.98. The van der Waals surface area contributed by atoms with Crippen LogP contribution in [-0.4, -0.2) is 49.9 Å². The molecule has 4 aromatic rings. The van der Waals surface area contributed by atoms with Crippen molar-refractivity contribution in [1.82, 2.24) is 10.2 Å². The standard InChI is InChI=1S/C33H34N4O2/c1-36-16-18-37(19-17-36)29-14-6-23(7-15-29)22-34-32(38)26-10-8-25(9-11-26)30-21-31(30)33(39)35-28-13-12-24-4-2-3-5-27(24)20-28/h2-15,20,30-31H,16-19,21-22H2,1H3,(H,34,38)(H,35,39)/t30-,31+/m0/s1. The molecule has 0 bridgehead atoms. The Kier molecular flexibility index (Phi) is 7.03. The van der Waals surface area contributed by atoms with Gasteiger partial charge in [-0.25, -0.2) is 0 Å². The maximum Gasteiger partial charge on any atom is 0.251 e. The highest BCUT2D eigenvalue weighted by Crippen LogP contribution is 2.48. The SMILES string of the molecule is CN1CCN(c2ccc(CNC(=O)c3ccc([C@@H]4C[C@H]4C(=O)Nc4ccc5ccccc5c4)cc3)cc2)CC1. The van der Waals surface area contributed by atoms with Crippen molar-refractivity contribution in [2.45, 2.75) is 18.9 Å². The minimum Gasteiger partial charge on any atom is -0.369 e. The molecule has 6 nitrogen and oxygen atoms in total. The number of benzene rings is 4. The fraction of sp³-hybridized carbons (Fsp3) is 0.273. The van der Waals surface area contributed by atoms with Gasteiger partial charge in [-0.2, -0.15) is 0 Å². The van der Waals surface area contributed by atoms with E-state index < -0.39 is 0 Å². The second kappa shape index (κ2) is 10.9. The van der Waals surface area contributed by atoms with Crippen LogP contribution in [0, 0.1) is 5.92 Å². The number of nitrogens with one attached hydrogen (secondary N) is 2. The average Bonchev–Trinajstić information content (AvgIpc) is 3.78. The van der Waals surface area contributed by atoms with Crippen molar-refractivity contribution in [3.63, 3.8) is 0 Å². The van der Waals surface area contributed by atoms with Crippen LogP contribution in [0.4, 0.5) is 11.4 Å². The van der Waals surface area contributed by atoms with E-state index >= 15 is 0 Å². The summed E-state index contributed by atoms with van der Waals surface area (Å²) in [5.74, 6) is 0.119. The van der Waals surface area contributed by atoms with Crippen LogP contribution in [-0.2, 0) is 11.3 Å². The first-order valence-corrected chi connectivity index (χ1v) is 13.7. The lowest BCUT2D eigenvalue weighted by Crippen LogP contribution is -2.44. The number of anilines is 2. The van der Waals surface area contributed by atoms with Gasteiger partial charge in [0, 0.05) is 55.6 Å². The van der Waals surface area contributed by atoms with Crippen LogP contribution in [0.1, 0.15) is 33.8 Å². The van der Waals surface area contributed by atoms with Crippen LogP contribution in [0.3, 0.4) is 0 Å². The second-order valence-electron chi connectivity index (χ2n) is 10.8. The molecule has 1 saturated heterocycles. The van der Waals surface area contributed by atoms with E-state index in [2.05, 4.69) is 57.8 Å². The number of carbonyl (C=O) groups is 2. The maximum atomic E-state index is 12.8. The van der Waals surface area contributed by atoms with Gasteiger partial charge in [0.15, 0.2) is 0 Å². The topological polar surface area (TPSA) is 64.7 Å². The van der Waals surface area contributed by atoms with Crippen molar-refractivity contribution in [2.75, 3.05) is 43.4 Å². The van der Waals surface area contributed by atoms with Gasteiger partial charge in [0.25, 0.3) is 5.91 Å². The van der Waals surface area contributed by atoms with Crippen LogP contribution >= 0.6 is 0 Å². The van der Waals surface area contributed by atoms with E-state index in [9.17, 15) is 9.59 Å². The molecule has 2 aliphatic rings. The third-order valence-corrected chi connectivity index (χ3v) is 8.00. The first kappa shape index (κ1) is 25.1. The van der Waals surface area contributed by atoms with Crippen LogP contribution < -0.4 is 15.5 Å². The molecule has 198 valence electrons. The zero-order valence-corrected chi connectivity index (χ0v) is 22.3. The second-order valence-corrected chi connectivity index (χ2v) is 10.8. The van der Waals surface area contributed by atoms with Gasteiger partial charge in [0.05, 0.1) is 0 Å². The van der Waals surface area contributed by atoms with E-state index in [-0.39, 0.29) is 23.7 Å². The Hall–Kier alpha value is -4.16. The van der Waals surface area contributed by atoms with Crippen molar-refractivity contribution in [2.24, 2.45) is 5.92 Å². The van der Waals surface area contributed by atoms with Gasteiger partial charge in [-0.1, -0.05) is 54.6 Å². The number of fused-ring (bicyclic) bond motifs is 1. The lowest BCUT2D eigenvalue weighted by molar-refractivity contribution is -0.117. The van der Waals surface area contributed by atoms with E-state index in [1.54, 1.807) is 0 Å². The molecule has 0 radical (unpaired) electrons. The molecule has 2 amide bonds. The number of amides is 2. The van der Waals surface area contributed by atoms with Gasteiger partial charge in [-0.3, -0.25) is 9.59 Å². The largest absolute Gasteiger partial charge is 0.369 e. The summed E-state index contributed by atoms with van der Waals surface area (Å²) < 4.78 is 0. The van der Waals surface area contributed by atoms with Crippen LogP contribution in [0.15, 0.2) is 91.0 Å². The van der Waals surface area contributed by atoms with Crippen LogP contribution in [0.2, 0.25) is 0 Å². The number of hydrogen-bond donors (Lipinski definition) is 2. The summed E-state index contributed by atoms with van der Waals surface area (Å²) in [6.07, 6.45) is 0.828. The molecule has 0 aromatic heterocycles. The van der Waals surface area contributed by atoms with Gasteiger partial charge in [0.1, 0.15) is 0 Å². The normalized spacial score (nSPS) is 19.1. The summed E-state index contributed by atoms with van der Waals surface area (Å²) in [5.41, 5.74) is 4.87. The lowest BCUT2D eigenvalue weighted by Gasteiger charge is -2.34. The fourth-order valence-electron chi connectivity index (χ4n) is 5.41. The number of rotatable bonds is 7. The first-order valence-electron chi connectivity index (χ1n) is 13.7. The number of nitrogens with zero attached hydrogens (tertiary/aromatic N) is 2. The minimum atomic E-state index is -0.0916. The van der Waals surface area contributed by atoms with E-state index in [1.165, 1.54) is 5.69 Å². The highest BCUT2D eigenvalue weighted by Gasteiger charge is 2.43. The Morgan fingerprint density at radius 1 is 0.821 bits per heavy atom. The van der Waals surface area contributed by atoms with Crippen molar-refractivity contribution < 1.29 is 9.59 Å². The molecule has 2 fully saturated rings. The Morgan fingerprint density at radius 2 is 1.54 bits per heavy atom. The molecule has 4 aromatic carbocycles. The van der Waals surface area contributed by atoms with Gasteiger partial charge in [-0.05, 0) is 77.7 Å². The molecule has 2 N–H and O–H groups in total. The lowest BCUT2D eigenvalue weighted by atomic mass is 10.1. The number of likely N-dealkylation sites (N-methyl/N-ethyl adjacent to an activating group) is 1. The van der Waals surface area contributed by atoms with Crippen LogP contribution in [0.25, 0.3) is 10.8 Å². The summed E-state index contributed by atoms with van der Waals surface area (Å²) in [6.45, 7) is 4.73. The Labute approximate surface area is 229 Å². The van der Waals surface area contributed by atoms with Gasteiger partial charge < -0.3 is 20.4 Å². The fourth-order valence-corrected chi connectivity index (χ4v) is 5.41. The number of piperazine rings is 1. The molecule has 1 heterocycles. The third-order valence-electron chi connectivity index (χ3n) is 8.00. The summed E-state index contributed by atoms with van der Waals surface area (Å²) >= 11 is 0. The van der Waals surface area contributed by atoms with Gasteiger partial charge >= 0.3 is 0 Å².